The Kier molecular flexibility index (Phi) is 9.55. The van der Waals surface area contributed by atoms with Crippen LogP contribution in [-0.4, -0.2) is 74.0 Å². The normalized spacial score (nSPS) is 17.9. The number of amides is 2. The van der Waals surface area contributed by atoms with Gasteiger partial charge in [0.25, 0.3) is 11.8 Å². The predicted octanol–water partition coefficient (Wildman–Crippen LogP) is 4.05. The fourth-order valence-electron chi connectivity index (χ4n) is 6.40. The first-order valence-corrected chi connectivity index (χ1v) is 15.9. The van der Waals surface area contributed by atoms with Crippen LogP contribution in [0.15, 0.2) is 60.8 Å². The van der Waals surface area contributed by atoms with Crippen LogP contribution >= 0.6 is 0 Å². The van der Waals surface area contributed by atoms with Crippen molar-refractivity contribution < 1.29 is 19.8 Å². The maximum Gasteiger partial charge on any atom is 0.276 e. The van der Waals surface area contributed by atoms with E-state index < -0.39 is 0 Å². The first-order chi connectivity index (χ1) is 22.3. The number of carbonyl (C=O) groups is 2. The lowest BCUT2D eigenvalue weighted by atomic mass is 9.94. The second-order valence-electron chi connectivity index (χ2n) is 12.1. The topological polar surface area (TPSA) is 145 Å². The number of benzene rings is 2. The van der Waals surface area contributed by atoms with Gasteiger partial charge in [0.1, 0.15) is 5.69 Å². The lowest BCUT2D eigenvalue weighted by molar-refractivity contribution is 0.101. The molecule has 2 aliphatic heterocycles. The van der Waals surface area contributed by atoms with E-state index >= 15 is 0 Å². The van der Waals surface area contributed by atoms with Crippen LogP contribution in [0.3, 0.4) is 0 Å². The molecule has 2 aromatic heterocycles. The number of nitrogens with zero attached hydrogens (tertiary/aromatic N) is 4. The molecule has 2 amide bonds. The van der Waals surface area contributed by atoms with Crippen LogP contribution in [0.1, 0.15) is 68.7 Å². The first-order valence-electron chi connectivity index (χ1n) is 15.9. The summed E-state index contributed by atoms with van der Waals surface area (Å²) in [7, 11) is 0. The Morgan fingerprint density at radius 1 is 0.913 bits per heavy atom. The maximum absolute atomic E-state index is 13.3. The Labute approximate surface area is 268 Å². The Hall–Kier alpha value is -4.42. The van der Waals surface area contributed by atoms with Gasteiger partial charge in [-0.15, -0.1) is 0 Å². The van der Waals surface area contributed by atoms with Crippen molar-refractivity contribution in [2.24, 2.45) is 0 Å². The molecule has 240 valence electrons. The molecule has 2 aromatic carbocycles. The standard InChI is InChI=1S/C35H41N7O4/c1-22-26(6-3-8-28(22)38-34(45)31-12-11-24(19-37-31)20-41-16-13-25(44)21-41)27-7-4-9-29(23(27)2)39-35(46)32-18-33-30(36-14-17-43)10-5-15-42(33)40-32/h3-4,6-9,11-12,18-19,25,30,36,43-44H,5,10,13-17,20-21H2,1-2H3,(H,38,45)(H,39,46)/t25-,30-/m1/s1. The maximum atomic E-state index is 13.3. The summed E-state index contributed by atoms with van der Waals surface area (Å²) in [5.74, 6) is -0.574. The van der Waals surface area contributed by atoms with E-state index in [1.807, 2.05) is 67.1 Å². The third-order valence-electron chi connectivity index (χ3n) is 8.93. The second-order valence-corrected chi connectivity index (χ2v) is 12.1. The van der Waals surface area contributed by atoms with Crippen molar-refractivity contribution in [3.8, 4) is 11.1 Å². The largest absolute Gasteiger partial charge is 0.395 e. The number of β-amino-alcohol motifs (C(OH)–C–C–N with tert-alkyl or cyclic N) is 1. The number of aryl methyl sites for hydroxylation is 1. The fraction of sp³-hybridized carbons (Fsp3) is 0.371. The Bertz CT molecular complexity index is 1720. The summed E-state index contributed by atoms with van der Waals surface area (Å²) in [6.07, 6.45) is 4.11. The third-order valence-corrected chi connectivity index (χ3v) is 8.93. The van der Waals surface area contributed by atoms with Gasteiger partial charge >= 0.3 is 0 Å². The van der Waals surface area contributed by atoms with Crippen LogP contribution in [0, 0.1) is 13.8 Å². The van der Waals surface area contributed by atoms with Crippen LogP contribution in [0.25, 0.3) is 11.1 Å². The molecule has 0 aliphatic carbocycles. The van der Waals surface area contributed by atoms with Crippen molar-refractivity contribution in [2.75, 3.05) is 36.9 Å². The van der Waals surface area contributed by atoms with E-state index in [0.717, 1.165) is 65.9 Å². The third kappa shape index (κ3) is 6.87. The van der Waals surface area contributed by atoms with Crippen LogP contribution in [0.2, 0.25) is 0 Å². The number of rotatable bonds is 10. The predicted molar refractivity (Wildman–Crippen MR) is 177 cm³/mol. The molecule has 1 saturated heterocycles. The number of hydrogen-bond donors (Lipinski definition) is 5. The molecular formula is C35H41N7O4. The van der Waals surface area contributed by atoms with E-state index in [-0.39, 0.29) is 30.6 Å². The van der Waals surface area contributed by atoms with Gasteiger partial charge in [-0.2, -0.15) is 5.10 Å². The van der Waals surface area contributed by atoms with Crippen molar-refractivity contribution in [3.05, 3.63) is 94.6 Å². The summed E-state index contributed by atoms with van der Waals surface area (Å²) in [4.78, 5) is 33.1. The van der Waals surface area contributed by atoms with Crippen LogP contribution < -0.4 is 16.0 Å². The molecule has 0 spiro atoms. The number of hydrogen-bond acceptors (Lipinski definition) is 8. The zero-order chi connectivity index (χ0) is 32.2. The van der Waals surface area contributed by atoms with E-state index in [4.69, 9.17) is 0 Å². The number of fused-ring (bicyclic) bond motifs is 1. The SMILES string of the molecule is Cc1c(NC(=O)c2ccc(CN3CC[C@@H](O)C3)cn2)cccc1-c1cccc(NC(=O)c2cc3n(n2)CCC[C@H]3NCCO)c1C. The van der Waals surface area contributed by atoms with E-state index in [0.29, 0.717) is 42.4 Å². The molecule has 0 saturated carbocycles. The number of anilines is 2. The van der Waals surface area contributed by atoms with Gasteiger partial charge in [0.15, 0.2) is 5.69 Å². The molecule has 0 bridgehead atoms. The minimum Gasteiger partial charge on any atom is -0.395 e. The molecule has 2 atom stereocenters. The highest BCUT2D eigenvalue weighted by Gasteiger charge is 2.25. The van der Waals surface area contributed by atoms with Crippen LogP contribution in [0.5, 0.6) is 0 Å². The second kappa shape index (κ2) is 13.9. The fourth-order valence-corrected chi connectivity index (χ4v) is 6.40. The molecule has 0 radical (unpaired) electrons. The Morgan fingerprint density at radius 3 is 2.22 bits per heavy atom. The quantitative estimate of drug-likeness (QED) is 0.178. The monoisotopic (exact) mass is 623 g/mol. The summed E-state index contributed by atoms with van der Waals surface area (Å²) >= 11 is 0. The summed E-state index contributed by atoms with van der Waals surface area (Å²) in [6.45, 7) is 7.44. The van der Waals surface area contributed by atoms with Gasteiger partial charge in [-0.25, -0.2) is 0 Å². The number of aromatic nitrogens is 3. The van der Waals surface area contributed by atoms with Crippen molar-refractivity contribution in [1.29, 1.82) is 0 Å². The van der Waals surface area contributed by atoms with Gasteiger partial charge in [0, 0.05) is 56.3 Å². The molecule has 5 N–H and O–H groups in total. The average molecular weight is 624 g/mol. The van der Waals surface area contributed by atoms with E-state index in [2.05, 4.69) is 30.9 Å². The highest BCUT2D eigenvalue weighted by molar-refractivity contribution is 6.05. The zero-order valence-corrected chi connectivity index (χ0v) is 26.3. The minimum absolute atomic E-state index is 0.0555. The molecule has 6 rings (SSSR count). The number of aliphatic hydroxyl groups excluding tert-OH is 2. The molecule has 11 heteroatoms. The van der Waals surface area contributed by atoms with Crippen molar-refractivity contribution in [1.82, 2.24) is 25.0 Å². The Balaban J connectivity index is 1.15. The van der Waals surface area contributed by atoms with Crippen molar-refractivity contribution in [3.63, 3.8) is 0 Å². The van der Waals surface area contributed by atoms with E-state index in [1.54, 1.807) is 12.3 Å². The first kappa shape index (κ1) is 31.6. The van der Waals surface area contributed by atoms with E-state index in [9.17, 15) is 19.8 Å². The molecule has 46 heavy (non-hydrogen) atoms. The van der Waals surface area contributed by atoms with Crippen molar-refractivity contribution >= 4 is 23.2 Å². The molecule has 11 nitrogen and oxygen atoms in total. The van der Waals surface area contributed by atoms with Gasteiger partial charge in [-0.05, 0) is 85.2 Å². The molecule has 2 aliphatic rings. The van der Waals surface area contributed by atoms with E-state index in [1.165, 1.54) is 0 Å². The van der Waals surface area contributed by atoms with Gasteiger partial charge in [-0.1, -0.05) is 30.3 Å². The summed E-state index contributed by atoms with van der Waals surface area (Å²) < 4.78 is 1.88. The van der Waals surface area contributed by atoms with Gasteiger partial charge in [0.05, 0.1) is 18.4 Å². The lowest BCUT2D eigenvalue weighted by Gasteiger charge is -2.24. The average Bonchev–Trinajstić information content (AvgIpc) is 3.69. The smallest absolute Gasteiger partial charge is 0.276 e. The number of pyridine rings is 1. The van der Waals surface area contributed by atoms with Gasteiger partial charge in [0.2, 0.25) is 0 Å². The Morgan fingerprint density at radius 2 is 1.61 bits per heavy atom. The molecule has 4 aromatic rings. The number of aliphatic hydroxyl groups is 2. The van der Waals surface area contributed by atoms with Crippen molar-refractivity contribution in [2.45, 2.75) is 58.3 Å². The minimum atomic E-state index is -0.294. The lowest BCUT2D eigenvalue weighted by Crippen LogP contribution is -2.29. The summed E-state index contributed by atoms with van der Waals surface area (Å²) in [5.41, 5.74) is 7.69. The number of likely N-dealkylation sites (tertiary alicyclic amines) is 1. The zero-order valence-electron chi connectivity index (χ0n) is 26.3. The van der Waals surface area contributed by atoms with Crippen LogP contribution in [-0.2, 0) is 13.1 Å². The van der Waals surface area contributed by atoms with Gasteiger partial charge < -0.3 is 26.2 Å². The number of carbonyl (C=O) groups excluding carboxylic acids is 2. The highest BCUT2D eigenvalue weighted by atomic mass is 16.3. The number of nitrogens with one attached hydrogen (secondary N) is 3. The molecular weight excluding hydrogens is 582 g/mol. The molecule has 1 fully saturated rings. The molecule has 0 unspecified atom stereocenters. The summed E-state index contributed by atoms with van der Waals surface area (Å²) in [5, 5.41) is 33.0. The molecule has 4 heterocycles. The van der Waals surface area contributed by atoms with Gasteiger partial charge in [-0.3, -0.25) is 24.2 Å². The summed E-state index contributed by atoms with van der Waals surface area (Å²) in [6, 6.07) is 17.1. The van der Waals surface area contributed by atoms with Crippen LogP contribution in [0.4, 0.5) is 11.4 Å². The highest BCUT2D eigenvalue weighted by Crippen LogP contribution is 2.34.